The van der Waals surface area contributed by atoms with Crippen molar-refractivity contribution in [3.05, 3.63) is 95.6 Å². The minimum atomic E-state index is -1.11. The third-order valence-corrected chi connectivity index (χ3v) is 6.53. The van der Waals surface area contributed by atoms with E-state index in [0.717, 1.165) is 27.8 Å². The molecule has 0 aliphatic heterocycles. The highest BCUT2D eigenvalue weighted by molar-refractivity contribution is 5.83. The van der Waals surface area contributed by atoms with Crippen molar-refractivity contribution in [3.63, 3.8) is 0 Å². The summed E-state index contributed by atoms with van der Waals surface area (Å²) < 4.78 is 5.65. The van der Waals surface area contributed by atoms with Crippen molar-refractivity contribution < 1.29 is 24.2 Å². The maximum atomic E-state index is 12.9. The number of hydrogen-bond donors (Lipinski definition) is 4. The fraction of sp³-hybridized carbons (Fsp3) is 0.300. The lowest BCUT2D eigenvalue weighted by atomic mass is 9.98. The van der Waals surface area contributed by atoms with Gasteiger partial charge >= 0.3 is 18.1 Å². The van der Waals surface area contributed by atoms with Gasteiger partial charge in [-0.3, -0.25) is 0 Å². The van der Waals surface area contributed by atoms with Crippen LogP contribution in [0.1, 0.15) is 42.9 Å². The molecule has 0 unspecified atom stereocenters. The summed E-state index contributed by atoms with van der Waals surface area (Å²) in [6, 6.07) is 23.8. The number of fused-ring (bicyclic) bond motifs is 3. The standard InChI is InChI=1S/C30H33N3O5/c1-19(2)16-26(28(34)35)31-29(36)32-27(17-20-10-4-3-5-11-20)33-30(37)38-18-25-23-14-8-6-12-21(23)22-13-7-9-15-24(22)25/h3-15,19,25-27H,16-18H2,1-2H3,(H,33,37)(H,34,35)(H2,31,32,36)/t26-,27-/m0/s1. The third-order valence-electron chi connectivity index (χ3n) is 6.53. The molecule has 0 saturated heterocycles. The highest BCUT2D eigenvalue weighted by atomic mass is 16.5. The molecule has 3 aromatic rings. The largest absolute Gasteiger partial charge is 0.480 e. The number of alkyl carbamates (subject to hydrolysis) is 1. The lowest BCUT2D eigenvalue weighted by Crippen LogP contribution is -2.55. The molecule has 198 valence electrons. The predicted molar refractivity (Wildman–Crippen MR) is 145 cm³/mol. The van der Waals surface area contributed by atoms with Gasteiger partial charge in [-0.1, -0.05) is 92.7 Å². The van der Waals surface area contributed by atoms with Crippen LogP contribution in [-0.2, 0) is 16.0 Å². The number of aliphatic carboxylic acids is 1. The van der Waals surface area contributed by atoms with Crippen LogP contribution in [0.15, 0.2) is 78.9 Å². The average Bonchev–Trinajstić information content (AvgIpc) is 3.21. The minimum Gasteiger partial charge on any atom is -0.480 e. The SMILES string of the molecule is CC(C)C[C@H](NC(=O)N[C@H](Cc1ccccc1)NC(=O)OCC1c2ccccc2-c2ccccc21)C(=O)O. The Morgan fingerprint density at radius 1 is 0.816 bits per heavy atom. The first-order valence-corrected chi connectivity index (χ1v) is 12.8. The Labute approximate surface area is 222 Å². The molecule has 0 radical (unpaired) electrons. The number of nitrogens with one attached hydrogen (secondary N) is 3. The second-order valence-electron chi connectivity index (χ2n) is 9.85. The van der Waals surface area contributed by atoms with Gasteiger partial charge in [-0.15, -0.1) is 0 Å². The molecule has 0 fully saturated rings. The van der Waals surface area contributed by atoms with E-state index in [1.54, 1.807) is 0 Å². The zero-order chi connectivity index (χ0) is 27.1. The molecule has 4 rings (SSSR count). The van der Waals surface area contributed by atoms with Crippen molar-refractivity contribution in [2.75, 3.05) is 6.61 Å². The molecular formula is C30H33N3O5. The van der Waals surface area contributed by atoms with Crippen LogP contribution in [0.5, 0.6) is 0 Å². The number of carbonyl (C=O) groups excluding carboxylic acids is 2. The van der Waals surface area contributed by atoms with Crippen molar-refractivity contribution in [2.45, 2.75) is 44.8 Å². The molecule has 3 amide bonds. The molecule has 0 aromatic heterocycles. The Morgan fingerprint density at radius 2 is 1.39 bits per heavy atom. The van der Waals surface area contributed by atoms with E-state index in [0.29, 0.717) is 6.42 Å². The summed E-state index contributed by atoms with van der Waals surface area (Å²) in [4.78, 5) is 37.1. The van der Waals surface area contributed by atoms with E-state index in [4.69, 9.17) is 4.74 Å². The monoisotopic (exact) mass is 515 g/mol. The normalized spacial score (nSPS) is 13.7. The number of carboxylic acids is 1. The predicted octanol–water partition coefficient (Wildman–Crippen LogP) is 4.89. The summed E-state index contributed by atoms with van der Waals surface area (Å²) in [5.74, 6) is -1.13. The molecule has 0 spiro atoms. The van der Waals surface area contributed by atoms with E-state index in [1.807, 2.05) is 80.6 Å². The van der Waals surface area contributed by atoms with Gasteiger partial charge in [0.2, 0.25) is 0 Å². The first-order chi connectivity index (χ1) is 18.3. The van der Waals surface area contributed by atoms with Gasteiger partial charge in [0.1, 0.15) is 18.8 Å². The molecule has 0 bridgehead atoms. The summed E-state index contributed by atoms with van der Waals surface area (Å²) in [5.41, 5.74) is 5.35. The Morgan fingerprint density at radius 3 is 1.97 bits per heavy atom. The van der Waals surface area contributed by atoms with E-state index in [2.05, 4.69) is 28.1 Å². The summed E-state index contributed by atoms with van der Waals surface area (Å²) >= 11 is 0. The molecule has 3 aromatic carbocycles. The molecule has 0 saturated carbocycles. The highest BCUT2D eigenvalue weighted by Gasteiger charge is 2.29. The second-order valence-corrected chi connectivity index (χ2v) is 9.85. The van der Waals surface area contributed by atoms with Crippen LogP contribution in [0.25, 0.3) is 11.1 Å². The van der Waals surface area contributed by atoms with Crippen molar-refractivity contribution in [1.29, 1.82) is 0 Å². The second kappa shape index (κ2) is 12.3. The quantitative estimate of drug-likeness (QED) is 0.287. The van der Waals surface area contributed by atoms with Crippen molar-refractivity contribution in [1.82, 2.24) is 16.0 Å². The molecule has 0 heterocycles. The third kappa shape index (κ3) is 6.70. The van der Waals surface area contributed by atoms with Crippen LogP contribution in [0.2, 0.25) is 0 Å². The molecule has 8 nitrogen and oxygen atoms in total. The van der Waals surface area contributed by atoms with Crippen LogP contribution < -0.4 is 16.0 Å². The Bertz CT molecular complexity index is 1230. The molecule has 4 N–H and O–H groups in total. The molecule has 38 heavy (non-hydrogen) atoms. The van der Waals surface area contributed by atoms with Crippen molar-refractivity contribution >= 4 is 18.1 Å². The van der Waals surface area contributed by atoms with E-state index in [9.17, 15) is 19.5 Å². The summed E-state index contributed by atoms with van der Waals surface area (Å²) in [7, 11) is 0. The summed E-state index contributed by atoms with van der Waals surface area (Å²) in [6.07, 6.45) is -0.918. The first-order valence-electron chi connectivity index (χ1n) is 12.8. The lowest BCUT2D eigenvalue weighted by Gasteiger charge is -2.23. The maximum absolute atomic E-state index is 12.9. The number of hydrogen-bond acceptors (Lipinski definition) is 4. The number of urea groups is 1. The maximum Gasteiger partial charge on any atom is 0.408 e. The smallest absolute Gasteiger partial charge is 0.408 e. The molecule has 8 heteroatoms. The number of carboxylic acid groups (broad SMARTS) is 1. The fourth-order valence-corrected chi connectivity index (χ4v) is 4.82. The van der Waals surface area contributed by atoms with Crippen LogP contribution >= 0.6 is 0 Å². The van der Waals surface area contributed by atoms with Gasteiger partial charge in [0.05, 0.1) is 0 Å². The van der Waals surface area contributed by atoms with E-state index in [-0.39, 0.29) is 24.9 Å². The molecule has 2 atom stereocenters. The number of ether oxygens (including phenoxy) is 1. The van der Waals surface area contributed by atoms with Gasteiger partial charge in [0.15, 0.2) is 0 Å². The molecular weight excluding hydrogens is 482 g/mol. The van der Waals surface area contributed by atoms with Crippen molar-refractivity contribution in [3.8, 4) is 11.1 Å². The topological polar surface area (TPSA) is 117 Å². The number of amides is 3. The van der Waals surface area contributed by atoms with Crippen LogP contribution in [0.3, 0.4) is 0 Å². The Hall–Kier alpha value is -4.33. The van der Waals surface area contributed by atoms with Gasteiger partial charge in [-0.2, -0.15) is 0 Å². The zero-order valence-electron chi connectivity index (χ0n) is 21.5. The summed E-state index contributed by atoms with van der Waals surface area (Å²) in [6.45, 7) is 3.90. The van der Waals surface area contributed by atoms with E-state index < -0.39 is 30.3 Å². The lowest BCUT2D eigenvalue weighted by molar-refractivity contribution is -0.139. The van der Waals surface area contributed by atoms with Gasteiger partial charge < -0.3 is 25.8 Å². The van der Waals surface area contributed by atoms with E-state index >= 15 is 0 Å². The Kier molecular flexibility index (Phi) is 8.63. The first kappa shape index (κ1) is 26.7. The number of carbonyl (C=O) groups is 3. The zero-order valence-corrected chi connectivity index (χ0v) is 21.5. The van der Waals surface area contributed by atoms with Gasteiger partial charge in [-0.25, -0.2) is 14.4 Å². The van der Waals surface area contributed by atoms with E-state index in [1.165, 1.54) is 0 Å². The van der Waals surface area contributed by atoms with Gasteiger partial charge in [0, 0.05) is 12.3 Å². The minimum absolute atomic E-state index is 0.0791. The summed E-state index contributed by atoms with van der Waals surface area (Å²) in [5, 5.41) is 17.4. The number of rotatable bonds is 10. The van der Waals surface area contributed by atoms with Crippen LogP contribution in [0, 0.1) is 5.92 Å². The van der Waals surface area contributed by atoms with Gasteiger partial charge in [0.25, 0.3) is 0 Å². The van der Waals surface area contributed by atoms with Crippen LogP contribution in [-0.4, -0.2) is 42.0 Å². The number of benzene rings is 3. The molecule has 1 aliphatic rings. The average molecular weight is 516 g/mol. The Balaban J connectivity index is 1.42. The van der Waals surface area contributed by atoms with Crippen LogP contribution in [0.4, 0.5) is 9.59 Å². The van der Waals surface area contributed by atoms with Gasteiger partial charge in [-0.05, 0) is 40.2 Å². The van der Waals surface area contributed by atoms with Crippen molar-refractivity contribution in [2.24, 2.45) is 5.92 Å². The molecule has 1 aliphatic carbocycles. The highest BCUT2D eigenvalue weighted by Crippen LogP contribution is 2.44. The fourth-order valence-electron chi connectivity index (χ4n) is 4.82.